The normalized spacial score (nSPS) is 13.8. The quantitative estimate of drug-likeness (QED) is 0.593. The molecule has 1 fully saturated rings. The topological polar surface area (TPSA) is 71.5 Å². The van der Waals surface area contributed by atoms with E-state index in [9.17, 15) is 9.59 Å². The van der Waals surface area contributed by atoms with Crippen molar-refractivity contribution in [3.63, 3.8) is 0 Å². The molecule has 0 aliphatic carbocycles. The second-order valence-corrected chi connectivity index (χ2v) is 7.91. The van der Waals surface area contributed by atoms with Gasteiger partial charge >= 0.3 is 0 Å². The number of nitrogens with one attached hydrogen (secondary N) is 1. The molecule has 1 aliphatic rings. The fourth-order valence-corrected chi connectivity index (χ4v) is 4.20. The van der Waals surface area contributed by atoms with Crippen molar-refractivity contribution in [3.05, 3.63) is 59.9 Å². The molecule has 6 nitrogen and oxygen atoms in total. The zero-order valence-corrected chi connectivity index (χ0v) is 18.0. The van der Waals surface area contributed by atoms with Gasteiger partial charge in [0.05, 0.1) is 19.2 Å². The van der Waals surface area contributed by atoms with Gasteiger partial charge in [-0.1, -0.05) is 0 Å². The number of Topliss-reactive ketones (excluding diaryl/α,β-unsaturated/α-hetero) is 1. The summed E-state index contributed by atoms with van der Waals surface area (Å²) in [6.45, 7) is 3.61. The van der Waals surface area contributed by atoms with Crippen molar-refractivity contribution in [2.24, 2.45) is 0 Å². The molecule has 160 valence electrons. The Morgan fingerprint density at radius 2 is 1.87 bits per heavy atom. The molecule has 0 saturated carbocycles. The molecule has 1 saturated heterocycles. The highest BCUT2D eigenvalue weighted by molar-refractivity contribution is 6.07. The number of benzene rings is 2. The van der Waals surface area contributed by atoms with Crippen LogP contribution in [0.3, 0.4) is 0 Å². The zero-order valence-electron chi connectivity index (χ0n) is 18.0. The lowest BCUT2D eigenvalue weighted by molar-refractivity contribution is -0.115. The molecule has 0 bridgehead atoms. The average molecular weight is 418 g/mol. The van der Waals surface area contributed by atoms with Crippen LogP contribution in [0.4, 0.5) is 11.4 Å². The van der Waals surface area contributed by atoms with Crippen molar-refractivity contribution in [1.29, 1.82) is 0 Å². The monoisotopic (exact) mass is 417 g/mol. The molecule has 31 heavy (non-hydrogen) atoms. The van der Waals surface area contributed by atoms with Gasteiger partial charge in [-0.3, -0.25) is 14.6 Å². The van der Waals surface area contributed by atoms with E-state index in [4.69, 9.17) is 4.74 Å². The fraction of sp³-hybridized carbons (Fsp3) is 0.320. The fourth-order valence-electron chi connectivity index (χ4n) is 4.20. The maximum absolute atomic E-state index is 12.9. The molecular formula is C25H27N3O3. The number of ketones is 1. The Labute approximate surface area is 182 Å². The van der Waals surface area contributed by atoms with Crippen LogP contribution < -0.4 is 15.0 Å². The number of hydrogen-bond donors (Lipinski definition) is 1. The minimum absolute atomic E-state index is 0.0466. The zero-order chi connectivity index (χ0) is 21.8. The van der Waals surface area contributed by atoms with Crippen molar-refractivity contribution in [3.8, 4) is 5.75 Å². The van der Waals surface area contributed by atoms with Crippen LogP contribution in [0.1, 0.15) is 42.1 Å². The average Bonchev–Trinajstić information content (AvgIpc) is 2.79. The molecule has 3 aromatic rings. The van der Waals surface area contributed by atoms with Crippen molar-refractivity contribution in [2.45, 2.75) is 32.6 Å². The summed E-state index contributed by atoms with van der Waals surface area (Å²) < 4.78 is 5.38. The van der Waals surface area contributed by atoms with Crippen LogP contribution in [0.5, 0.6) is 5.75 Å². The van der Waals surface area contributed by atoms with E-state index < -0.39 is 0 Å². The first-order valence-electron chi connectivity index (χ1n) is 10.7. The highest BCUT2D eigenvalue weighted by atomic mass is 16.5. The summed E-state index contributed by atoms with van der Waals surface area (Å²) >= 11 is 0. The van der Waals surface area contributed by atoms with Crippen LogP contribution in [-0.2, 0) is 11.2 Å². The second kappa shape index (κ2) is 9.16. The van der Waals surface area contributed by atoms with Gasteiger partial charge in [-0.05, 0) is 62.6 Å². The maximum Gasteiger partial charge on any atom is 0.228 e. The number of carbonyl (C=O) groups excluding carboxylic acids is 2. The third kappa shape index (κ3) is 4.53. The van der Waals surface area contributed by atoms with Gasteiger partial charge < -0.3 is 15.0 Å². The SMILES string of the molecule is COc1ccc(C(C)=O)cc1CC(=O)Nc1ccc(N2CCCCC2)c2ccncc12. The summed E-state index contributed by atoms with van der Waals surface area (Å²) in [6, 6.07) is 11.2. The van der Waals surface area contributed by atoms with Gasteiger partial charge in [-0.15, -0.1) is 0 Å². The standard InChI is InChI=1S/C25H27N3O3/c1-17(29)18-6-9-24(31-2)19(14-18)15-25(30)27-22-7-8-23(28-12-4-3-5-13-28)20-10-11-26-16-21(20)22/h6-11,14,16H,3-5,12-13,15H2,1-2H3,(H,27,30). The van der Waals surface area contributed by atoms with Crippen LogP contribution >= 0.6 is 0 Å². The molecule has 2 heterocycles. The minimum Gasteiger partial charge on any atom is -0.496 e. The number of nitrogens with zero attached hydrogens (tertiary/aromatic N) is 2. The van der Waals surface area contributed by atoms with Gasteiger partial charge in [0.2, 0.25) is 5.91 Å². The van der Waals surface area contributed by atoms with Gasteiger partial charge in [0, 0.05) is 53.1 Å². The predicted molar refractivity (Wildman–Crippen MR) is 123 cm³/mol. The van der Waals surface area contributed by atoms with Gasteiger partial charge in [0.15, 0.2) is 5.78 Å². The van der Waals surface area contributed by atoms with Gasteiger partial charge in [-0.25, -0.2) is 0 Å². The molecule has 0 atom stereocenters. The van der Waals surface area contributed by atoms with Crippen LogP contribution in [0.2, 0.25) is 0 Å². The molecule has 0 spiro atoms. The summed E-state index contributed by atoms with van der Waals surface area (Å²) in [5.41, 5.74) is 3.16. The first-order valence-corrected chi connectivity index (χ1v) is 10.7. The summed E-state index contributed by atoms with van der Waals surface area (Å²) in [7, 11) is 1.56. The highest BCUT2D eigenvalue weighted by Crippen LogP contribution is 2.33. The number of fused-ring (bicyclic) bond motifs is 1. The van der Waals surface area contributed by atoms with E-state index in [1.807, 2.05) is 12.1 Å². The molecule has 2 aromatic carbocycles. The number of amides is 1. The second-order valence-electron chi connectivity index (χ2n) is 7.91. The first kappa shape index (κ1) is 20.8. The number of pyridine rings is 1. The number of ether oxygens (including phenoxy) is 1. The Morgan fingerprint density at radius 3 is 2.61 bits per heavy atom. The first-order chi connectivity index (χ1) is 15.1. The number of piperidine rings is 1. The molecule has 0 unspecified atom stereocenters. The largest absolute Gasteiger partial charge is 0.496 e. The number of hydrogen-bond acceptors (Lipinski definition) is 5. The van der Waals surface area contributed by atoms with E-state index in [2.05, 4.69) is 21.3 Å². The molecular weight excluding hydrogens is 390 g/mol. The van der Waals surface area contributed by atoms with E-state index in [0.29, 0.717) is 16.9 Å². The van der Waals surface area contributed by atoms with Gasteiger partial charge in [-0.2, -0.15) is 0 Å². The van der Waals surface area contributed by atoms with Gasteiger partial charge in [0.25, 0.3) is 0 Å². The van der Waals surface area contributed by atoms with Crippen LogP contribution in [0, 0.1) is 0 Å². The van der Waals surface area contributed by atoms with E-state index in [0.717, 1.165) is 29.5 Å². The van der Waals surface area contributed by atoms with Crippen molar-refractivity contribution >= 4 is 33.8 Å². The minimum atomic E-state index is -0.171. The number of carbonyl (C=O) groups is 2. The smallest absolute Gasteiger partial charge is 0.228 e. The molecule has 1 aromatic heterocycles. The Kier molecular flexibility index (Phi) is 6.16. The molecule has 0 radical (unpaired) electrons. The summed E-state index contributed by atoms with van der Waals surface area (Å²) in [5.74, 6) is 0.372. The summed E-state index contributed by atoms with van der Waals surface area (Å²) in [5, 5.41) is 5.03. The molecule has 1 aliphatic heterocycles. The van der Waals surface area contributed by atoms with Crippen molar-refractivity contribution < 1.29 is 14.3 Å². The van der Waals surface area contributed by atoms with Crippen molar-refractivity contribution in [2.75, 3.05) is 30.4 Å². The summed E-state index contributed by atoms with van der Waals surface area (Å²) in [6.07, 6.45) is 7.38. The molecule has 1 N–H and O–H groups in total. The third-order valence-electron chi connectivity index (χ3n) is 5.80. The number of methoxy groups -OCH3 is 1. The lowest BCUT2D eigenvalue weighted by Crippen LogP contribution is -2.29. The maximum atomic E-state index is 12.9. The van der Waals surface area contributed by atoms with Crippen molar-refractivity contribution in [1.82, 2.24) is 4.98 Å². The Bertz CT molecular complexity index is 1120. The Morgan fingerprint density at radius 1 is 1.06 bits per heavy atom. The van der Waals surface area contributed by atoms with Crippen LogP contribution in [0.25, 0.3) is 10.8 Å². The van der Waals surface area contributed by atoms with E-state index in [1.165, 1.54) is 31.9 Å². The third-order valence-corrected chi connectivity index (χ3v) is 5.80. The van der Waals surface area contributed by atoms with Crippen LogP contribution in [-0.4, -0.2) is 36.9 Å². The molecule has 4 rings (SSSR count). The van der Waals surface area contributed by atoms with E-state index in [-0.39, 0.29) is 18.1 Å². The number of anilines is 2. The van der Waals surface area contributed by atoms with Crippen LogP contribution in [0.15, 0.2) is 48.8 Å². The van der Waals surface area contributed by atoms with E-state index >= 15 is 0 Å². The lowest BCUT2D eigenvalue weighted by atomic mass is 10.0. The number of aromatic nitrogens is 1. The number of rotatable bonds is 6. The Hall–Kier alpha value is -3.41. The summed E-state index contributed by atoms with van der Waals surface area (Å²) in [4.78, 5) is 31.3. The predicted octanol–water partition coefficient (Wildman–Crippen LogP) is 4.62. The highest BCUT2D eigenvalue weighted by Gasteiger charge is 2.17. The molecule has 1 amide bonds. The lowest BCUT2D eigenvalue weighted by Gasteiger charge is -2.30. The van der Waals surface area contributed by atoms with E-state index in [1.54, 1.807) is 37.7 Å². The Balaban J connectivity index is 1.60. The molecule has 6 heteroatoms. The van der Waals surface area contributed by atoms with Gasteiger partial charge in [0.1, 0.15) is 5.75 Å².